The number of hydrogen-bond acceptors (Lipinski definition) is 3. The van der Waals surface area contributed by atoms with Crippen LogP contribution in [0.2, 0.25) is 0 Å². The second-order valence-electron chi connectivity index (χ2n) is 4.41. The van der Waals surface area contributed by atoms with Gasteiger partial charge in [0, 0.05) is 24.8 Å². The van der Waals surface area contributed by atoms with Gasteiger partial charge in [-0.1, -0.05) is 0 Å². The number of carbonyl (C=O) groups excluding carboxylic acids is 1. The molecule has 0 saturated carbocycles. The smallest absolute Gasteiger partial charge is 0.254 e. The van der Waals surface area contributed by atoms with Crippen LogP contribution in [0.25, 0.3) is 0 Å². The first kappa shape index (κ1) is 14.4. The van der Waals surface area contributed by atoms with Gasteiger partial charge in [0.2, 0.25) is 0 Å². The van der Waals surface area contributed by atoms with Gasteiger partial charge in [-0.05, 0) is 38.5 Å². The molecule has 0 aliphatic heterocycles. The van der Waals surface area contributed by atoms with E-state index in [1.807, 2.05) is 13.8 Å². The maximum absolute atomic E-state index is 13.0. The van der Waals surface area contributed by atoms with E-state index in [4.69, 9.17) is 10.8 Å². The zero-order valence-corrected chi connectivity index (χ0v) is 10.7. The number of aliphatic hydroxyl groups excluding tert-OH is 1. The lowest BCUT2D eigenvalue weighted by atomic mass is 10.1. The third-order valence-corrected chi connectivity index (χ3v) is 2.68. The van der Waals surface area contributed by atoms with Crippen molar-refractivity contribution in [1.82, 2.24) is 4.90 Å². The Bertz CT molecular complexity index is 421. The maximum atomic E-state index is 13.0. The predicted octanol–water partition coefficient (Wildman–Crippen LogP) is 1.64. The number of aliphatic hydroxyl groups is 1. The van der Waals surface area contributed by atoms with E-state index in [1.165, 1.54) is 18.2 Å². The number of nitrogen functional groups attached to an aromatic ring is 1. The van der Waals surface area contributed by atoms with Crippen LogP contribution in [0.3, 0.4) is 0 Å². The summed E-state index contributed by atoms with van der Waals surface area (Å²) in [4.78, 5) is 13.8. The number of carbonyl (C=O) groups is 1. The summed E-state index contributed by atoms with van der Waals surface area (Å²) < 4.78 is 13.0. The first-order chi connectivity index (χ1) is 8.47. The van der Waals surface area contributed by atoms with Crippen LogP contribution in [0, 0.1) is 5.82 Å². The maximum Gasteiger partial charge on any atom is 0.254 e. The van der Waals surface area contributed by atoms with Crippen molar-refractivity contribution in [3.05, 3.63) is 29.6 Å². The van der Waals surface area contributed by atoms with Crippen LogP contribution in [0.1, 0.15) is 30.6 Å². The molecule has 1 aromatic carbocycles. The summed E-state index contributed by atoms with van der Waals surface area (Å²) in [6.45, 7) is 4.27. The van der Waals surface area contributed by atoms with E-state index in [0.717, 1.165) is 0 Å². The Morgan fingerprint density at radius 2 is 2.17 bits per heavy atom. The summed E-state index contributed by atoms with van der Waals surface area (Å²) in [5, 5.41) is 8.82. The Kier molecular flexibility index (Phi) is 5.09. The van der Waals surface area contributed by atoms with Gasteiger partial charge in [-0.2, -0.15) is 0 Å². The van der Waals surface area contributed by atoms with E-state index in [-0.39, 0.29) is 24.2 Å². The summed E-state index contributed by atoms with van der Waals surface area (Å²) in [5.74, 6) is -0.733. The molecule has 0 bridgehead atoms. The molecule has 0 heterocycles. The van der Waals surface area contributed by atoms with Crippen molar-refractivity contribution in [3.8, 4) is 0 Å². The fraction of sp³-hybridized carbons (Fsp3) is 0.462. The molecule has 1 amide bonds. The highest BCUT2D eigenvalue weighted by Crippen LogP contribution is 2.15. The summed E-state index contributed by atoms with van der Waals surface area (Å²) in [5.41, 5.74) is 5.78. The number of benzene rings is 1. The molecule has 0 aromatic heterocycles. The van der Waals surface area contributed by atoms with E-state index in [9.17, 15) is 9.18 Å². The fourth-order valence-corrected chi connectivity index (χ4v) is 1.68. The second-order valence-corrected chi connectivity index (χ2v) is 4.41. The van der Waals surface area contributed by atoms with Crippen molar-refractivity contribution in [2.24, 2.45) is 0 Å². The molecular formula is C13H19FN2O2. The number of rotatable bonds is 5. The minimum Gasteiger partial charge on any atom is -0.396 e. The molecule has 0 unspecified atom stereocenters. The van der Waals surface area contributed by atoms with Gasteiger partial charge in [0.15, 0.2) is 0 Å². The van der Waals surface area contributed by atoms with Gasteiger partial charge in [-0.3, -0.25) is 4.79 Å². The zero-order valence-electron chi connectivity index (χ0n) is 10.7. The van der Waals surface area contributed by atoms with Crippen LogP contribution in [0.15, 0.2) is 18.2 Å². The van der Waals surface area contributed by atoms with Gasteiger partial charge in [-0.15, -0.1) is 0 Å². The molecule has 0 aliphatic carbocycles. The molecule has 0 aliphatic rings. The van der Waals surface area contributed by atoms with Gasteiger partial charge in [0.1, 0.15) is 5.82 Å². The van der Waals surface area contributed by atoms with Crippen molar-refractivity contribution in [2.45, 2.75) is 26.3 Å². The molecule has 1 rings (SSSR count). The Balaban J connectivity index is 2.91. The highest BCUT2D eigenvalue weighted by atomic mass is 19.1. The van der Waals surface area contributed by atoms with E-state index < -0.39 is 5.82 Å². The highest BCUT2D eigenvalue weighted by Gasteiger charge is 2.18. The number of amides is 1. The van der Waals surface area contributed by atoms with Crippen LogP contribution >= 0.6 is 0 Å². The van der Waals surface area contributed by atoms with Crippen molar-refractivity contribution < 1.29 is 14.3 Å². The first-order valence-corrected chi connectivity index (χ1v) is 5.94. The fourth-order valence-electron chi connectivity index (χ4n) is 1.68. The number of halogens is 1. The SMILES string of the molecule is CC(C)N(CCCO)C(=O)c1ccc(F)c(N)c1. The third-order valence-electron chi connectivity index (χ3n) is 2.68. The summed E-state index contributed by atoms with van der Waals surface area (Å²) in [7, 11) is 0. The highest BCUT2D eigenvalue weighted by molar-refractivity contribution is 5.95. The molecule has 100 valence electrons. The molecule has 0 saturated heterocycles. The van der Waals surface area contributed by atoms with Crippen LogP contribution < -0.4 is 5.73 Å². The lowest BCUT2D eigenvalue weighted by Gasteiger charge is -2.26. The Morgan fingerprint density at radius 3 is 2.67 bits per heavy atom. The Morgan fingerprint density at radius 1 is 1.50 bits per heavy atom. The van der Waals surface area contributed by atoms with Crippen molar-refractivity contribution in [2.75, 3.05) is 18.9 Å². The van der Waals surface area contributed by atoms with Crippen molar-refractivity contribution in [1.29, 1.82) is 0 Å². The molecule has 1 aromatic rings. The summed E-state index contributed by atoms with van der Waals surface area (Å²) >= 11 is 0. The molecule has 0 radical (unpaired) electrons. The molecule has 4 nitrogen and oxygen atoms in total. The third kappa shape index (κ3) is 3.43. The zero-order chi connectivity index (χ0) is 13.7. The van der Waals surface area contributed by atoms with Gasteiger partial charge in [0.25, 0.3) is 5.91 Å². The number of hydrogen-bond donors (Lipinski definition) is 2. The lowest BCUT2D eigenvalue weighted by Crippen LogP contribution is -2.38. The summed E-state index contributed by atoms with van der Waals surface area (Å²) in [6.07, 6.45) is 0.514. The number of anilines is 1. The first-order valence-electron chi connectivity index (χ1n) is 5.94. The number of nitrogens with zero attached hydrogens (tertiary/aromatic N) is 1. The van der Waals surface area contributed by atoms with Crippen LogP contribution in [-0.4, -0.2) is 35.1 Å². The van der Waals surface area contributed by atoms with Crippen LogP contribution in [-0.2, 0) is 0 Å². The van der Waals surface area contributed by atoms with Crippen molar-refractivity contribution >= 4 is 11.6 Å². The van der Waals surface area contributed by atoms with Gasteiger partial charge >= 0.3 is 0 Å². The lowest BCUT2D eigenvalue weighted by molar-refractivity contribution is 0.0693. The van der Waals surface area contributed by atoms with Crippen LogP contribution in [0.5, 0.6) is 0 Å². The quantitative estimate of drug-likeness (QED) is 0.785. The van der Waals surface area contributed by atoms with E-state index in [2.05, 4.69) is 0 Å². The van der Waals surface area contributed by atoms with Crippen molar-refractivity contribution in [3.63, 3.8) is 0 Å². The molecule has 3 N–H and O–H groups in total. The normalized spacial score (nSPS) is 10.7. The Labute approximate surface area is 106 Å². The molecule has 0 fully saturated rings. The second kappa shape index (κ2) is 6.35. The van der Waals surface area contributed by atoms with Crippen LogP contribution in [0.4, 0.5) is 10.1 Å². The standard InChI is InChI=1S/C13H19FN2O2/c1-9(2)16(6-3-7-17)13(18)10-4-5-11(14)12(15)8-10/h4-5,8-9,17H,3,6-7,15H2,1-2H3. The van der Waals surface area contributed by atoms with E-state index in [1.54, 1.807) is 4.90 Å². The number of nitrogens with two attached hydrogens (primary N) is 1. The average Bonchev–Trinajstić information content (AvgIpc) is 2.32. The molecule has 18 heavy (non-hydrogen) atoms. The van der Waals surface area contributed by atoms with Gasteiger partial charge in [0.05, 0.1) is 5.69 Å². The predicted molar refractivity (Wildman–Crippen MR) is 68.7 cm³/mol. The minimum atomic E-state index is -0.530. The monoisotopic (exact) mass is 254 g/mol. The molecule has 0 atom stereocenters. The van der Waals surface area contributed by atoms with Gasteiger partial charge in [-0.25, -0.2) is 4.39 Å². The van der Waals surface area contributed by atoms with E-state index >= 15 is 0 Å². The largest absolute Gasteiger partial charge is 0.396 e. The summed E-state index contributed by atoms with van der Waals surface area (Å²) in [6, 6.07) is 3.96. The minimum absolute atomic E-state index is 0.00956. The van der Waals surface area contributed by atoms with E-state index in [0.29, 0.717) is 18.5 Å². The molecule has 0 spiro atoms. The Hall–Kier alpha value is -1.62. The topological polar surface area (TPSA) is 66.6 Å². The molecule has 5 heteroatoms. The van der Waals surface area contributed by atoms with Gasteiger partial charge < -0.3 is 15.7 Å². The average molecular weight is 254 g/mol. The molecular weight excluding hydrogens is 235 g/mol.